The Morgan fingerprint density at radius 2 is 1.92 bits per heavy atom. The Morgan fingerprint density at radius 1 is 1.21 bits per heavy atom. The third kappa shape index (κ3) is 3.40. The molecule has 24 heavy (non-hydrogen) atoms. The second kappa shape index (κ2) is 7.08. The molecule has 1 atom stereocenters. The standard InChI is InChI=1S/C20H30N4/c1-6-24-16(3)20(15(2)21-24)14-22(4)13-19-11-17-9-7-8-10-18(17)12-23(19)5/h7-10,19H,6,11-14H2,1-5H3. The largest absolute Gasteiger partial charge is 0.300 e. The van der Waals surface area contributed by atoms with Crippen LogP contribution < -0.4 is 0 Å². The van der Waals surface area contributed by atoms with Gasteiger partial charge < -0.3 is 4.90 Å². The molecule has 0 radical (unpaired) electrons. The van der Waals surface area contributed by atoms with Gasteiger partial charge in [-0.2, -0.15) is 5.10 Å². The van der Waals surface area contributed by atoms with E-state index in [4.69, 9.17) is 0 Å². The van der Waals surface area contributed by atoms with E-state index in [-0.39, 0.29) is 0 Å². The van der Waals surface area contributed by atoms with Crippen molar-refractivity contribution >= 4 is 0 Å². The zero-order valence-electron chi connectivity index (χ0n) is 15.7. The summed E-state index contributed by atoms with van der Waals surface area (Å²) in [4.78, 5) is 4.94. The van der Waals surface area contributed by atoms with Crippen molar-refractivity contribution in [2.75, 3.05) is 20.6 Å². The van der Waals surface area contributed by atoms with E-state index in [1.54, 1.807) is 0 Å². The average molecular weight is 326 g/mol. The number of nitrogens with zero attached hydrogens (tertiary/aromatic N) is 4. The fourth-order valence-corrected chi connectivity index (χ4v) is 3.89. The van der Waals surface area contributed by atoms with Crippen molar-refractivity contribution in [3.05, 3.63) is 52.3 Å². The topological polar surface area (TPSA) is 24.3 Å². The van der Waals surface area contributed by atoms with Gasteiger partial charge in [0.25, 0.3) is 0 Å². The van der Waals surface area contributed by atoms with Crippen LogP contribution in [0.1, 0.15) is 35.0 Å². The molecule has 1 aromatic heterocycles. The van der Waals surface area contributed by atoms with Crippen LogP contribution in [0.3, 0.4) is 0 Å². The predicted octanol–water partition coefficient (Wildman–Crippen LogP) is 3.01. The highest BCUT2D eigenvalue weighted by Gasteiger charge is 2.24. The molecule has 0 saturated heterocycles. The zero-order valence-corrected chi connectivity index (χ0v) is 15.7. The summed E-state index contributed by atoms with van der Waals surface area (Å²) in [5.74, 6) is 0. The molecule has 1 aromatic carbocycles. The second-order valence-electron chi connectivity index (χ2n) is 7.20. The first-order valence-electron chi connectivity index (χ1n) is 8.98. The average Bonchev–Trinajstić information content (AvgIpc) is 2.83. The van der Waals surface area contributed by atoms with Crippen molar-refractivity contribution in [1.82, 2.24) is 19.6 Å². The highest BCUT2D eigenvalue weighted by atomic mass is 15.3. The number of aryl methyl sites for hydroxylation is 2. The molecule has 3 rings (SSSR count). The van der Waals surface area contributed by atoms with Gasteiger partial charge in [-0.3, -0.25) is 9.58 Å². The Hall–Kier alpha value is -1.65. The van der Waals surface area contributed by atoms with Crippen LogP contribution in [-0.4, -0.2) is 46.3 Å². The lowest BCUT2D eigenvalue weighted by molar-refractivity contribution is 0.158. The van der Waals surface area contributed by atoms with E-state index in [2.05, 4.69) is 78.7 Å². The van der Waals surface area contributed by atoms with Gasteiger partial charge in [0.05, 0.1) is 5.69 Å². The number of hydrogen-bond donors (Lipinski definition) is 0. The molecular weight excluding hydrogens is 296 g/mol. The maximum atomic E-state index is 4.65. The van der Waals surface area contributed by atoms with Crippen LogP contribution in [0.5, 0.6) is 0 Å². The van der Waals surface area contributed by atoms with Crippen molar-refractivity contribution in [3.63, 3.8) is 0 Å². The molecule has 0 N–H and O–H groups in total. The van der Waals surface area contributed by atoms with Gasteiger partial charge >= 0.3 is 0 Å². The molecule has 4 nitrogen and oxygen atoms in total. The monoisotopic (exact) mass is 326 g/mol. The maximum Gasteiger partial charge on any atom is 0.0641 e. The number of fused-ring (bicyclic) bond motifs is 1. The third-order valence-electron chi connectivity index (χ3n) is 5.40. The maximum absolute atomic E-state index is 4.65. The Kier molecular flexibility index (Phi) is 5.07. The SMILES string of the molecule is CCn1nc(C)c(CN(C)CC2Cc3ccccc3CN2C)c1C. The lowest BCUT2D eigenvalue weighted by atomic mass is 9.94. The van der Waals surface area contributed by atoms with E-state index in [9.17, 15) is 0 Å². The predicted molar refractivity (Wildman–Crippen MR) is 99.1 cm³/mol. The van der Waals surface area contributed by atoms with Crippen molar-refractivity contribution in [2.24, 2.45) is 0 Å². The molecule has 1 aliphatic heterocycles. The fourth-order valence-electron chi connectivity index (χ4n) is 3.89. The molecule has 0 saturated carbocycles. The van der Waals surface area contributed by atoms with Gasteiger partial charge in [-0.25, -0.2) is 0 Å². The van der Waals surface area contributed by atoms with Gasteiger partial charge in [-0.15, -0.1) is 0 Å². The molecule has 2 aromatic rings. The van der Waals surface area contributed by atoms with E-state index in [1.165, 1.54) is 28.1 Å². The molecule has 0 fully saturated rings. The fraction of sp³-hybridized carbons (Fsp3) is 0.550. The van der Waals surface area contributed by atoms with E-state index in [0.29, 0.717) is 6.04 Å². The highest BCUT2D eigenvalue weighted by molar-refractivity contribution is 5.30. The molecule has 1 unspecified atom stereocenters. The van der Waals surface area contributed by atoms with Crippen LogP contribution in [0, 0.1) is 13.8 Å². The molecule has 0 spiro atoms. The van der Waals surface area contributed by atoms with E-state index < -0.39 is 0 Å². The Labute approximate surface area is 146 Å². The van der Waals surface area contributed by atoms with Gasteiger partial charge in [0.1, 0.15) is 0 Å². The van der Waals surface area contributed by atoms with Crippen LogP contribution in [0.4, 0.5) is 0 Å². The lowest BCUT2D eigenvalue weighted by Crippen LogP contribution is -2.44. The lowest BCUT2D eigenvalue weighted by Gasteiger charge is -2.36. The Balaban J connectivity index is 1.67. The minimum absolute atomic E-state index is 0.576. The smallest absolute Gasteiger partial charge is 0.0641 e. The van der Waals surface area contributed by atoms with Gasteiger partial charge in [-0.1, -0.05) is 24.3 Å². The quantitative estimate of drug-likeness (QED) is 0.844. The summed E-state index contributed by atoms with van der Waals surface area (Å²) in [6, 6.07) is 9.44. The number of aromatic nitrogens is 2. The Bertz CT molecular complexity index is 704. The van der Waals surface area contributed by atoms with Crippen LogP contribution in [0.25, 0.3) is 0 Å². The highest BCUT2D eigenvalue weighted by Crippen LogP contribution is 2.23. The second-order valence-corrected chi connectivity index (χ2v) is 7.20. The number of rotatable bonds is 5. The first-order valence-corrected chi connectivity index (χ1v) is 8.98. The molecule has 130 valence electrons. The molecular formula is C20H30N4. The first-order chi connectivity index (χ1) is 11.5. The number of likely N-dealkylation sites (N-methyl/N-ethyl adjacent to an activating group) is 2. The summed E-state index contributed by atoms with van der Waals surface area (Å²) in [5.41, 5.74) is 6.86. The minimum atomic E-state index is 0.576. The summed E-state index contributed by atoms with van der Waals surface area (Å²) >= 11 is 0. The van der Waals surface area contributed by atoms with E-state index >= 15 is 0 Å². The summed E-state index contributed by atoms with van der Waals surface area (Å²) in [6.45, 7) is 10.5. The van der Waals surface area contributed by atoms with Gasteiger partial charge in [-0.05, 0) is 52.4 Å². The summed E-state index contributed by atoms with van der Waals surface area (Å²) in [7, 11) is 4.48. The van der Waals surface area contributed by atoms with Gasteiger partial charge in [0.2, 0.25) is 0 Å². The molecule has 2 heterocycles. The van der Waals surface area contributed by atoms with Crippen molar-refractivity contribution in [2.45, 2.75) is 52.9 Å². The summed E-state index contributed by atoms with van der Waals surface area (Å²) in [6.07, 6.45) is 1.14. The van der Waals surface area contributed by atoms with Crippen LogP contribution in [-0.2, 0) is 26.1 Å². The third-order valence-corrected chi connectivity index (χ3v) is 5.40. The van der Waals surface area contributed by atoms with Crippen molar-refractivity contribution in [1.29, 1.82) is 0 Å². The Morgan fingerprint density at radius 3 is 2.58 bits per heavy atom. The first kappa shape index (κ1) is 17.2. The number of hydrogen-bond acceptors (Lipinski definition) is 3. The van der Waals surface area contributed by atoms with E-state index in [1.807, 2.05) is 0 Å². The summed E-state index contributed by atoms with van der Waals surface area (Å²) < 4.78 is 2.11. The van der Waals surface area contributed by atoms with E-state index in [0.717, 1.165) is 32.6 Å². The molecule has 4 heteroatoms. The molecule has 0 bridgehead atoms. The molecule has 0 aliphatic carbocycles. The van der Waals surface area contributed by atoms with Crippen LogP contribution in [0.2, 0.25) is 0 Å². The molecule has 1 aliphatic rings. The minimum Gasteiger partial charge on any atom is -0.300 e. The van der Waals surface area contributed by atoms with Crippen molar-refractivity contribution in [3.8, 4) is 0 Å². The van der Waals surface area contributed by atoms with Crippen molar-refractivity contribution < 1.29 is 0 Å². The zero-order chi connectivity index (χ0) is 17.3. The molecule has 0 amide bonds. The van der Waals surface area contributed by atoms with Crippen LogP contribution in [0.15, 0.2) is 24.3 Å². The number of benzene rings is 1. The van der Waals surface area contributed by atoms with Crippen LogP contribution >= 0.6 is 0 Å². The summed E-state index contributed by atoms with van der Waals surface area (Å²) in [5, 5.41) is 4.65. The van der Waals surface area contributed by atoms with Gasteiger partial charge in [0.15, 0.2) is 0 Å². The van der Waals surface area contributed by atoms with Gasteiger partial charge in [0, 0.05) is 43.5 Å². The normalized spacial score (nSPS) is 18.2.